The number of aromatic nitrogens is 4. The first-order valence-corrected chi connectivity index (χ1v) is 15.4. The van der Waals surface area contributed by atoms with Crippen molar-refractivity contribution in [2.24, 2.45) is 0 Å². The number of phosphoric acid groups is 3. The molecule has 1 aliphatic carbocycles. The predicted octanol–water partition coefficient (Wildman–Crippen LogP) is 0.723. The molecule has 0 radical (unpaired) electrons. The Morgan fingerprint density at radius 3 is 2.46 bits per heavy atom. The number of rotatable bonds is 8. The van der Waals surface area contributed by atoms with E-state index in [1.165, 1.54) is 10.9 Å². The van der Waals surface area contributed by atoms with Gasteiger partial charge in [-0.25, -0.2) is 23.7 Å². The van der Waals surface area contributed by atoms with Crippen LogP contribution in [0.5, 0.6) is 0 Å². The van der Waals surface area contributed by atoms with Crippen LogP contribution in [0.15, 0.2) is 11.1 Å². The number of fused-ring (bicyclic) bond motifs is 2. The topological polar surface area (TPSA) is 251 Å². The molecular weight excluding hydrogens is 565 g/mol. The van der Waals surface area contributed by atoms with Gasteiger partial charge in [0, 0.05) is 12.8 Å². The third kappa shape index (κ3) is 5.68. The van der Waals surface area contributed by atoms with E-state index in [0.717, 1.165) is 12.8 Å². The molecule has 206 valence electrons. The molecule has 2 aliphatic heterocycles. The van der Waals surface area contributed by atoms with Crippen LogP contribution < -0.4 is 5.56 Å². The second-order valence-corrected chi connectivity index (χ2v) is 13.1. The Kier molecular flexibility index (Phi) is 6.90. The zero-order chi connectivity index (χ0) is 26.8. The van der Waals surface area contributed by atoms with Gasteiger partial charge >= 0.3 is 23.5 Å². The van der Waals surface area contributed by atoms with Gasteiger partial charge in [0.25, 0.3) is 5.56 Å². The normalized spacial score (nSPS) is 30.5. The highest BCUT2D eigenvalue weighted by molar-refractivity contribution is 7.66. The highest BCUT2D eigenvalue weighted by Crippen LogP contribution is 2.66. The molecule has 0 amide bonds. The van der Waals surface area contributed by atoms with Crippen molar-refractivity contribution in [3.63, 3.8) is 0 Å². The Morgan fingerprint density at radius 2 is 1.78 bits per heavy atom. The van der Waals surface area contributed by atoms with Crippen LogP contribution >= 0.6 is 23.5 Å². The van der Waals surface area contributed by atoms with Crippen molar-refractivity contribution in [1.82, 2.24) is 19.5 Å². The summed E-state index contributed by atoms with van der Waals surface area (Å²) in [5.74, 6) is -0.585. The second-order valence-electron chi connectivity index (χ2n) is 8.71. The molecule has 2 aromatic heterocycles. The smallest absolute Gasteiger partial charge is 0.347 e. The minimum atomic E-state index is -5.68. The number of phosphoric ester groups is 1. The lowest BCUT2D eigenvalue weighted by atomic mass is 10.1. The number of ether oxygens (including phenoxy) is 3. The monoisotopic (exact) mass is 588 g/mol. The van der Waals surface area contributed by atoms with Crippen LogP contribution in [-0.4, -0.2) is 69.8 Å². The molecule has 3 unspecified atom stereocenters. The summed E-state index contributed by atoms with van der Waals surface area (Å²) in [6, 6.07) is 0. The predicted molar refractivity (Wildman–Crippen MR) is 118 cm³/mol. The summed E-state index contributed by atoms with van der Waals surface area (Å²) in [4.78, 5) is 59.8. The minimum absolute atomic E-state index is 0.0527. The number of H-pyrrole nitrogens is 1. The number of hydrogen-bond donors (Lipinski definition) is 5. The zero-order valence-electron chi connectivity index (χ0n) is 19.0. The van der Waals surface area contributed by atoms with Crippen LogP contribution in [0.25, 0.3) is 11.2 Å². The van der Waals surface area contributed by atoms with E-state index in [-0.39, 0.29) is 11.2 Å². The van der Waals surface area contributed by atoms with E-state index in [1.807, 2.05) is 0 Å². The van der Waals surface area contributed by atoms with E-state index in [0.29, 0.717) is 18.7 Å². The van der Waals surface area contributed by atoms with Gasteiger partial charge in [-0.15, -0.1) is 0 Å². The summed E-state index contributed by atoms with van der Waals surface area (Å²) in [6.07, 6.45) is 0.583. The molecule has 1 saturated carbocycles. The molecule has 3 fully saturated rings. The number of aryl methyl sites for hydroxylation is 1. The molecule has 37 heavy (non-hydrogen) atoms. The summed E-state index contributed by atoms with van der Waals surface area (Å²) < 4.78 is 66.8. The van der Waals surface area contributed by atoms with Crippen LogP contribution in [-0.2, 0) is 41.1 Å². The first kappa shape index (κ1) is 27.2. The van der Waals surface area contributed by atoms with Crippen LogP contribution in [0.2, 0.25) is 0 Å². The number of hydrogen-bond acceptors (Lipinski definition) is 12. The third-order valence-electron chi connectivity index (χ3n) is 6.00. The molecule has 18 nitrogen and oxygen atoms in total. The van der Waals surface area contributed by atoms with E-state index in [2.05, 4.69) is 23.6 Å². The van der Waals surface area contributed by atoms with Gasteiger partial charge in [-0.3, -0.25) is 13.9 Å². The van der Waals surface area contributed by atoms with Crippen molar-refractivity contribution in [2.75, 3.05) is 6.61 Å². The minimum Gasteiger partial charge on any atom is -0.347 e. The van der Waals surface area contributed by atoms with Gasteiger partial charge in [0.05, 0.1) is 12.9 Å². The van der Waals surface area contributed by atoms with Crippen molar-refractivity contribution in [1.29, 1.82) is 0 Å². The van der Waals surface area contributed by atoms with Crippen LogP contribution in [0.1, 0.15) is 37.7 Å². The summed E-state index contributed by atoms with van der Waals surface area (Å²) in [7, 11) is -16.6. The van der Waals surface area contributed by atoms with Crippen molar-refractivity contribution < 1.29 is 60.6 Å². The SMILES string of the molecule is Cc1nc2c(ncn2[C@@H]2O[C@H](COP(=O)(O)OP(=O)(O)OP(=O)(O)O)[C@@H]3OC4(CCCC4)OC32)c(=O)[nH]1. The van der Waals surface area contributed by atoms with E-state index in [1.54, 1.807) is 6.92 Å². The molecule has 2 saturated heterocycles. The van der Waals surface area contributed by atoms with E-state index >= 15 is 0 Å². The van der Waals surface area contributed by atoms with Gasteiger partial charge in [0.2, 0.25) is 0 Å². The first-order valence-electron chi connectivity index (χ1n) is 10.9. The average Bonchev–Trinajstić information content (AvgIpc) is 3.49. The Bertz CT molecular complexity index is 1400. The Balaban J connectivity index is 1.38. The third-order valence-corrected chi connectivity index (χ3v) is 9.80. The van der Waals surface area contributed by atoms with E-state index in [9.17, 15) is 28.3 Å². The van der Waals surface area contributed by atoms with Gasteiger partial charge in [-0.1, -0.05) is 0 Å². The lowest BCUT2D eigenvalue weighted by molar-refractivity contribution is -0.215. The maximum absolute atomic E-state index is 12.3. The highest BCUT2D eigenvalue weighted by Gasteiger charge is 2.60. The highest BCUT2D eigenvalue weighted by atomic mass is 31.3. The fourth-order valence-corrected chi connectivity index (χ4v) is 7.73. The van der Waals surface area contributed by atoms with Gasteiger partial charge in [-0.05, 0) is 19.8 Å². The molecule has 2 aromatic rings. The van der Waals surface area contributed by atoms with Crippen LogP contribution in [0.4, 0.5) is 0 Å². The fourth-order valence-electron chi connectivity index (χ4n) is 4.70. The Morgan fingerprint density at radius 1 is 1.11 bits per heavy atom. The largest absolute Gasteiger partial charge is 0.490 e. The summed E-state index contributed by atoms with van der Waals surface area (Å²) >= 11 is 0. The standard InChI is InChI=1S/C16H23N4O14P3/c1-8-18-13-10(14(21)19-8)17-7-20(13)15-12-11(31-16(32-12)4-2-3-5-16)9(30-15)6-29-36(25,26)34-37(27,28)33-35(22,23)24/h7,9,11-12,15H,2-6H2,1H3,(H,25,26)(H,27,28)(H,18,19,21)(H2,22,23,24)/t9-,11+,12?,15-/m1/s1. The van der Waals surface area contributed by atoms with Crippen molar-refractivity contribution in [3.8, 4) is 0 Å². The lowest BCUT2D eigenvalue weighted by Crippen LogP contribution is -2.34. The van der Waals surface area contributed by atoms with Gasteiger partial charge in [0.1, 0.15) is 24.1 Å². The van der Waals surface area contributed by atoms with E-state index < -0.39 is 66.0 Å². The maximum Gasteiger partial charge on any atom is 0.490 e. The number of nitrogens with zero attached hydrogens (tertiary/aromatic N) is 3. The fraction of sp³-hybridized carbons (Fsp3) is 0.688. The first-order chi connectivity index (χ1) is 17.2. The van der Waals surface area contributed by atoms with Crippen molar-refractivity contribution >= 4 is 34.6 Å². The van der Waals surface area contributed by atoms with Crippen molar-refractivity contribution in [3.05, 3.63) is 22.5 Å². The number of aromatic amines is 1. The van der Waals surface area contributed by atoms with Crippen molar-refractivity contribution in [2.45, 2.75) is 62.9 Å². The maximum atomic E-state index is 12.3. The molecule has 4 heterocycles. The molecule has 0 aromatic carbocycles. The lowest BCUT2D eigenvalue weighted by Gasteiger charge is -2.27. The van der Waals surface area contributed by atoms with Crippen LogP contribution in [0, 0.1) is 6.92 Å². The number of nitrogens with one attached hydrogen (secondary N) is 1. The second kappa shape index (κ2) is 9.38. The zero-order valence-corrected chi connectivity index (χ0v) is 21.7. The molecule has 5 rings (SSSR count). The summed E-state index contributed by atoms with van der Waals surface area (Å²) in [5, 5.41) is 0. The molecular formula is C16H23N4O14P3. The summed E-state index contributed by atoms with van der Waals surface area (Å²) in [6.45, 7) is 0.866. The molecule has 1 spiro atoms. The molecule has 21 heteroatoms. The molecule has 3 aliphatic rings. The quantitative estimate of drug-likeness (QED) is 0.266. The molecule has 6 atom stereocenters. The van der Waals surface area contributed by atoms with Gasteiger partial charge in [-0.2, -0.15) is 8.62 Å². The number of imidazole rings is 1. The summed E-state index contributed by atoms with van der Waals surface area (Å²) in [5.41, 5.74) is -0.206. The average molecular weight is 588 g/mol. The van der Waals surface area contributed by atoms with Crippen LogP contribution in [0.3, 0.4) is 0 Å². The van der Waals surface area contributed by atoms with E-state index in [4.69, 9.17) is 28.5 Å². The molecule has 5 N–H and O–H groups in total. The Hall–Kier alpha value is -1.36. The van der Waals surface area contributed by atoms with Gasteiger partial charge in [0.15, 0.2) is 23.2 Å². The molecule has 0 bridgehead atoms. The van der Waals surface area contributed by atoms with Gasteiger partial charge < -0.3 is 38.8 Å². The Labute approximate surface area is 207 Å².